The van der Waals surface area contributed by atoms with Crippen LogP contribution in [0.5, 0.6) is 11.5 Å². The molecular formula is C26H39N5O6. The fourth-order valence-corrected chi connectivity index (χ4v) is 4.97. The smallest absolute Gasteiger partial charge is 0.338 e. The van der Waals surface area contributed by atoms with Crippen LogP contribution < -0.4 is 20.1 Å². The first-order valence-electron chi connectivity index (χ1n) is 12.8. The number of carbonyl (C=O) groups is 3. The first-order chi connectivity index (χ1) is 17.8. The van der Waals surface area contributed by atoms with Crippen molar-refractivity contribution < 1.29 is 28.6 Å². The zero-order valence-corrected chi connectivity index (χ0v) is 22.6. The molecule has 2 atom stereocenters. The molecule has 2 N–H and O–H groups in total. The van der Waals surface area contributed by atoms with Crippen molar-refractivity contribution in [2.24, 2.45) is 0 Å². The summed E-state index contributed by atoms with van der Waals surface area (Å²) in [7, 11) is 3.06. The first-order valence-corrected chi connectivity index (χ1v) is 12.8. The molecule has 1 saturated heterocycles. The zero-order valence-electron chi connectivity index (χ0n) is 22.6. The number of nitrogens with one attached hydrogen (secondary N) is 2. The number of hydrogen-bond acceptors (Lipinski definition) is 7. The van der Waals surface area contributed by atoms with Gasteiger partial charge in [0.25, 0.3) is 0 Å². The largest absolute Gasteiger partial charge is 0.493 e. The van der Waals surface area contributed by atoms with Crippen molar-refractivity contribution in [3.8, 4) is 11.5 Å². The van der Waals surface area contributed by atoms with Crippen LogP contribution in [0.2, 0.25) is 0 Å². The molecule has 37 heavy (non-hydrogen) atoms. The van der Waals surface area contributed by atoms with Crippen LogP contribution in [0.3, 0.4) is 0 Å². The lowest BCUT2D eigenvalue weighted by Crippen LogP contribution is -2.58. The number of hydrogen-bond donors (Lipinski definition) is 2. The van der Waals surface area contributed by atoms with Crippen molar-refractivity contribution in [2.45, 2.75) is 39.8 Å². The number of likely N-dealkylation sites (N-methyl/N-ethyl adjacent to an activating group) is 1. The Morgan fingerprint density at radius 1 is 1.14 bits per heavy atom. The number of para-hydroxylation sites is 1. The Morgan fingerprint density at radius 3 is 2.49 bits per heavy atom. The molecule has 0 aliphatic carbocycles. The maximum Gasteiger partial charge on any atom is 0.338 e. The second-order valence-corrected chi connectivity index (χ2v) is 8.90. The second kappa shape index (κ2) is 12.7. The van der Waals surface area contributed by atoms with Crippen LogP contribution in [0.25, 0.3) is 0 Å². The molecule has 204 valence electrons. The van der Waals surface area contributed by atoms with Gasteiger partial charge in [0, 0.05) is 56.6 Å². The van der Waals surface area contributed by atoms with Gasteiger partial charge in [0.2, 0.25) is 0 Å². The van der Waals surface area contributed by atoms with E-state index < -0.39 is 12.0 Å². The average Bonchev–Trinajstić information content (AvgIpc) is 2.88. The fourth-order valence-electron chi connectivity index (χ4n) is 4.97. The third-order valence-corrected chi connectivity index (χ3v) is 6.67. The summed E-state index contributed by atoms with van der Waals surface area (Å²) < 4.78 is 16.6. The number of carbonyl (C=O) groups excluding carboxylic acids is 3. The van der Waals surface area contributed by atoms with Crippen LogP contribution in [-0.2, 0) is 9.53 Å². The number of nitrogens with zero attached hydrogens (tertiary/aromatic N) is 3. The van der Waals surface area contributed by atoms with Crippen LogP contribution in [0.4, 0.5) is 9.59 Å². The lowest BCUT2D eigenvalue weighted by molar-refractivity contribution is -0.139. The van der Waals surface area contributed by atoms with Crippen LogP contribution in [0, 0.1) is 0 Å². The van der Waals surface area contributed by atoms with Crippen LogP contribution in [0.15, 0.2) is 29.5 Å². The minimum Gasteiger partial charge on any atom is -0.493 e. The number of rotatable bonds is 9. The van der Waals surface area contributed by atoms with Crippen molar-refractivity contribution in [1.82, 2.24) is 25.3 Å². The molecule has 2 heterocycles. The lowest BCUT2D eigenvalue weighted by atomic mass is 9.93. The SMILES string of the molecule is CCNC(=O)N1CCN(CC2=C(C(=O)OCC)[C@H](c3cccc(OC)c3OC)NC(=O)N2CC)C[C@@H]1C. The van der Waals surface area contributed by atoms with Gasteiger partial charge in [0.1, 0.15) is 0 Å². The van der Waals surface area contributed by atoms with Gasteiger partial charge in [-0.15, -0.1) is 0 Å². The van der Waals surface area contributed by atoms with Gasteiger partial charge in [-0.1, -0.05) is 12.1 Å². The number of methoxy groups -OCH3 is 2. The van der Waals surface area contributed by atoms with E-state index in [0.29, 0.717) is 67.6 Å². The molecule has 0 aromatic heterocycles. The molecule has 0 radical (unpaired) electrons. The molecule has 4 amide bonds. The van der Waals surface area contributed by atoms with E-state index in [1.165, 1.54) is 14.2 Å². The van der Waals surface area contributed by atoms with Gasteiger partial charge in [0.15, 0.2) is 11.5 Å². The summed E-state index contributed by atoms with van der Waals surface area (Å²) in [6.07, 6.45) is 0. The minimum absolute atomic E-state index is 0.0336. The number of urea groups is 2. The topological polar surface area (TPSA) is 113 Å². The van der Waals surface area contributed by atoms with Crippen molar-refractivity contribution in [3.63, 3.8) is 0 Å². The van der Waals surface area contributed by atoms with E-state index in [1.807, 2.05) is 25.7 Å². The van der Waals surface area contributed by atoms with E-state index in [2.05, 4.69) is 15.5 Å². The molecule has 2 aliphatic heterocycles. The third kappa shape index (κ3) is 5.93. The molecule has 1 aromatic carbocycles. The number of amides is 4. The highest BCUT2D eigenvalue weighted by Crippen LogP contribution is 2.40. The molecule has 1 fully saturated rings. The molecule has 1 aromatic rings. The molecule has 11 nitrogen and oxygen atoms in total. The molecule has 0 bridgehead atoms. The lowest BCUT2D eigenvalue weighted by Gasteiger charge is -2.42. The fraction of sp³-hybridized carbons (Fsp3) is 0.577. The van der Waals surface area contributed by atoms with E-state index in [-0.39, 0.29) is 24.7 Å². The number of ether oxygens (including phenoxy) is 3. The van der Waals surface area contributed by atoms with Crippen molar-refractivity contribution in [2.75, 3.05) is 60.1 Å². The quantitative estimate of drug-likeness (QED) is 0.484. The monoisotopic (exact) mass is 517 g/mol. The highest BCUT2D eigenvalue weighted by atomic mass is 16.5. The Balaban J connectivity index is 2.05. The van der Waals surface area contributed by atoms with Gasteiger partial charge < -0.3 is 29.7 Å². The summed E-state index contributed by atoms with van der Waals surface area (Å²) in [5.41, 5.74) is 1.54. The molecule has 0 spiro atoms. The summed E-state index contributed by atoms with van der Waals surface area (Å²) in [4.78, 5) is 44.7. The van der Waals surface area contributed by atoms with E-state index >= 15 is 0 Å². The molecular weight excluding hydrogens is 478 g/mol. The van der Waals surface area contributed by atoms with E-state index in [0.717, 1.165) is 0 Å². The molecule has 3 rings (SSSR count). The molecule has 11 heteroatoms. The number of esters is 1. The zero-order chi connectivity index (χ0) is 27.1. The Bertz CT molecular complexity index is 1030. The standard InChI is InChI=1S/C26H39N5O6/c1-7-27-25(33)31-14-13-29(15-17(31)4)16-19-21(24(32)37-9-3)22(28-26(34)30(19)8-2)18-11-10-12-20(35-5)23(18)36-6/h10-12,17,22H,7-9,13-16H2,1-6H3,(H,27,33)(H,28,34)/t17-,22-/m0/s1. The Hall–Kier alpha value is -3.47. The number of benzene rings is 1. The Labute approximate surface area is 218 Å². The Kier molecular flexibility index (Phi) is 9.62. The maximum absolute atomic E-state index is 13.4. The van der Waals surface area contributed by atoms with Crippen LogP contribution >= 0.6 is 0 Å². The number of piperazine rings is 1. The summed E-state index contributed by atoms with van der Waals surface area (Å²) in [6, 6.07) is 4.14. The van der Waals surface area contributed by atoms with Crippen LogP contribution in [-0.4, -0.2) is 98.9 Å². The van der Waals surface area contributed by atoms with Gasteiger partial charge in [-0.3, -0.25) is 9.80 Å². The van der Waals surface area contributed by atoms with E-state index in [4.69, 9.17) is 14.2 Å². The summed E-state index contributed by atoms with van der Waals surface area (Å²) in [6.45, 7) is 10.7. The third-order valence-electron chi connectivity index (χ3n) is 6.67. The Morgan fingerprint density at radius 2 is 1.89 bits per heavy atom. The van der Waals surface area contributed by atoms with Crippen LogP contribution in [0.1, 0.15) is 39.3 Å². The molecule has 2 aliphatic rings. The van der Waals surface area contributed by atoms with Gasteiger partial charge in [-0.2, -0.15) is 0 Å². The predicted octanol–water partition coefficient (Wildman–Crippen LogP) is 2.34. The van der Waals surface area contributed by atoms with Gasteiger partial charge >= 0.3 is 18.0 Å². The minimum atomic E-state index is -0.788. The van der Waals surface area contributed by atoms with E-state index in [9.17, 15) is 14.4 Å². The summed E-state index contributed by atoms with van der Waals surface area (Å²) in [5.74, 6) is 0.428. The summed E-state index contributed by atoms with van der Waals surface area (Å²) >= 11 is 0. The van der Waals surface area contributed by atoms with Gasteiger partial charge in [-0.05, 0) is 33.8 Å². The van der Waals surface area contributed by atoms with E-state index in [1.54, 1.807) is 30.0 Å². The maximum atomic E-state index is 13.4. The van der Waals surface area contributed by atoms with Gasteiger partial charge in [-0.25, -0.2) is 14.4 Å². The van der Waals surface area contributed by atoms with Crippen molar-refractivity contribution in [3.05, 3.63) is 35.0 Å². The second-order valence-electron chi connectivity index (χ2n) is 8.90. The average molecular weight is 518 g/mol. The van der Waals surface area contributed by atoms with Gasteiger partial charge in [0.05, 0.1) is 32.4 Å². The van der Waals surface area contributed by atoms with Crippen molar-refractivity contribution in [1.29, 1.82) is 0 Å². The molecule has 0 unspecified atom stereocenters. The summed E-state index contributed by atoms with van der Waals surface area (Å²) in [5, 5.41) is 5.83. The highest BCUT2D eigenvalue weighted by Gasteiger charge is 2.40. The van der Waals surface area contributed by atoms with Crippen molar-refractivity contribution >= 4 is 18.0 Å². The normalized spacial score (nSPS) is 20.4. The predicted molar refractivity (Wildman–Crippen MR) is 139 cm³/mol. The highest BCUT2D eigenvalue weighted by molar-refractivity contribution is 5.95. The molecule has 0 saturated carbocycles. The first kappa shape index (κ1) is 28.1.